The number of carbonyl (C=O) groups is 2. The first-order valence-electron chi connectivity index (χ1n) is 13.4. The molecular formula is C31H33BrCl3N3O4. The van der Waals surface area contributed by atoms with Crippen molar-refractivity contribution in [1.29, 1.82) is 0 Å². The van der Waals surface area contributed by atoms with Crippen LogP contribution in [0.4, 0.5) is 4.79 Å². The molecule has 1 N–H and O–H groups in total. The minimum absolute atomic E-state index is 0.114. The van der Waals surface area contributed by atoms with Gasteiger partial charge >= 0.3 is 6.09 Å². The third-order valence-corrected chi connectivity index (χ3v) is 7.88. The molecule has 2 amide bonds. The number of nitrogens with one attached hydrogen (secondary N) is 1. The average molecular weight is 698 g/mol. The van der Waals surface area contributed by atoms with Crippen molar-refractivity contribution < 1.29 is 19.1 Å². The largest absolute Gasteiger partial charge is 0.471 e. The highest BCUT2D eigenvalue weighted by molar-refractivity contribution is 9.09. The highest BCUT2D eigenvalue weighted by atomic mass is 79.9. The minimum Gasteiger partial charge on any atom is -0.471 e. The Labute approximate surface area is 270 Å². The van der Waals surface area contributed by atoms with Gasteiger partial charge in [-0.3, -0.25) is 4.79 Å². The minimum atomic E-state index is -0.642. The van der Waals surface area contributed by atoms with Gasteiger partial charge in [-0.2, -0.15) is 0 Å². The molecule has 0 radical (unpaired) electrons. The summed E-state index contributed by atoms with van der Waals surface area (Å²) in [6, 6.07) is 14.3. The Morgan fingerprint density at radius 2 is 1.74 bits per heavy atom. The molecule has 0 aliphatic carbocycles. The maximum absolute atomic E-state index is 13.3. The van der Waals surface area contributed by atoms with E-state index in [1.807, 2.05) is 50.2 Å². The summed E-state index contributed by atoms with van der Waals surface area (Å²) in [5.41, 5.74) is 2.43. The van der Waals surface area contributed by atoms with Gasteiger partial charge in [-0.25, -0.2) is 9.78 Å². The van der Waals surface area contributed by atoms with E-state index in [1.54, 1.807) is 37.8 Å². The van der Waals surface area contributed by atoms with Crippen molar-refractivity contribution >= 4 is 62.7 Å². The maximum Gasteiger partial charge on any atom is 0.407 e. The topological polar surface area (TPSA) is 80.8 Å². The number of hydrogen-bond donors (Lipinski definition) is 1. The Hall–Kier alpha value is -2.52. The molecule has 7 nitrogen and oxygen atoms in total. The molecule has 1 aliphatic heterocycles. The normalized spacial score (nSPS) is 15.8. The third kappa shape index (κ3) is 7.90. The molecule has 2 heterocycles. The summed E-state index contributed by atoms with van der Waals surface area (Å²) in [6.07, 6.45) is -0.0360. The van der Waals surface area contributed by atoms with Gasteiger partial charge < -0.3 is 19.7 Å². The number of ether oxygens (including phenoxy) is 2. The van der Waals surface area contributed by atoms with Crippen LogP contribution in [0.25, 0.3) is 22.4 Å². The fourth-order valence-electron chi connectivity index (χ4n) is 4.85. The molecule has 0 saturated heterocycles. The van der Waals surface area contributed by atoms with Gasteiger partial charge in [-0.1, -0.05) is 62.9 Å². The van der Waals surface area contributed by atoms with Gasteiger partial charge in [0, 0.05) is 46.2 Å². The van der Waals surface area contributed by atoms with Crippen LogP contribution in [0.1, 0.15) is 52.6 Å². The predicted octanol–water partition coefficient (Wildman–Crippen LogP) is 8.73. The van der Waals surface area contributed by atoms with E-state index in [2.05, 4.69) is 21.2 Å². The third-order valence-electron chi connectivity index (χ3n) is 6.61. The summed E-state index contributed by atoms with van der Waals surface area (Å²) in [4.78, 5) is 32.4. The van der Waals surface area contributed by atoms with Crippen LogP contribution in [0.3, 0.4) is 0 Å². The van der Waals surface area contributed by atoms with Crippen molar-refractivity contribution in [2.45, 2.75) is 58.3 Å². The Bertz CT molecular complexity index is 1480. The van der Waals surface area contributed by atoms with E-state index >= 15 is 0 Å². The predicted molar refractivity (Wildman–Crippen MR) is 172 cm³/mol. The van der Waals surface area contributed by atoms with E-state index in [0.717, 1.165) is 16.7 Å². The van der Waals surface area contributed by atoms with E-state index in [-0.39, 0.29) is 30.4 Å². The number of amides is 2. The number of benzene rings is 2. The van der Waals surface area contributed by atoms with E-state index in [9.17, 15) is 9.59 Å². The second-order valence-electron chi connectivity index (χ2n) is 11.6. The van der Waals surface area contributed by atoms with Gasteiger partial charge in [0.25, 0.3) is 0 Å². The Morgan fingerprint density at radius 1 is 1.07 bits per heavy atom. The number of rotatable bonds is 7. The number of alkyl carbamates (subject to hydrolysis) is 1. The monoisotopic (exact) mass is 695 g/mol. The van der Waals surface area contributed by atoms with Gasteiger partial charge in [0.1, 0.15) is 11.2 Å². The molecular weight excluding hydrogens is 665 g/mol. The molecule has 224 valence electrons. The van der Waals surface area contributed by atoms with Crippen molar-refractivity contribution in [2.75, 3.05) is 18.4 Å². The second-order valence-corrected chi connectivity index (χ2v) is 13.5. The number of fused-ring (bicyclic) bond motifs is 1. The van der Waals surface area contributed by atoms with Crippen molar-refractivity contribution in [1.82, 2.24) is 15.2 Å². The van der Waals surface area contributed by atoms with Gasteiger partial charge in [0.2, 0.25) is 11.8 Å². The standard InChI is InChI=1S/C31H33BrCl3N3O4/c1-30(2,3)42-29(40)36-12-13-38(26(39)17-32)25-16-31(4,5)41-28-23(25)15-22(18-6-8-19(33)9-7-18)27(37-28)21-11-10-20(34)14-24(21)35/h6-11,14-15,25H,12-13,16-17H2,1-5H3,(H,36,40). The van der Waals surface area contributed by atoms with E-state index < -0.39 is 17.3 Å². The lowest BCUT2D eigenvalue weighted by Gasteiger charge is -2.42. The van der Waals surface area contributed by atoms with Gasteiger partial charge in [-0.15, -0.1) is 0 Å². The Kier molecular flexibility index (Phi) is 10.0. The van der Waals surface area contributed by atoms with Gasteiger partial charge in [-0.05, 0) is 76.6 Å². The van der Waals surface area contributed by atoms with E-state index in [1.165, 1.54) is 0 Å². The Balaban J connectivity index is 1.81. The second kappa shape index (κ2) is 13.0. The maximum atomic E-state index is 13.3. The quantitative estimate of drug-likeness (QED) is 0.250. The van der Waals surface area contributed by atoms with Crippen LogP contribution in [0.5, 0.6) is 5.88 Å². The van der Waals surface area contributed by atoms with E-state index in [4.69, 9.17) is 49.3 Å². The van der Waals surface area contributed by atoms with Crippen molar-refractivity contribution in [3.8, 4) is 28.3 Å². The van der Waals surface area contributed by atoms with Crippen molar-refractivity contribution in [3.05, 3.63) is 69.2 Å². The summed E-state index contributed by atoms with van der Waals surface area (Å²) in [5.74, 6) is 0.273. The molecule has 1 atom stereocenters. The number of nitrogens with zero attached hydrogens (tertiary/aromatic N) is 2. The molecule has 4 rings (SSSR count). The fourth-order valence-corrected chi connectivity index (χ4v) is 5.80. The zero-order valence-corrected chi connectivity index (χ0v) is 27.9. The molecule has 2 aromatic carbocycles. The molecule has 0 fully saturated rings. The number of pyridine rings is 1. The van der Waals surface area contributed by atoms with Crippen LogP contribution < -0.4 is 10.1 Å². The molecule has 42 heavy (non-hydrogen) atoms. The molecule has 0 spiro atoms. The summed E-state index contributed by atoms with van der Waals surface area (Å²) in [6.45, 7) is 9.77. The lowest BCUT2D eigenvalue weighted by molar-refractivity contribution is -0.132. The van der Waals surface area contributed by atoms with Crippen LogP contribution in [0.15, 0.2) is 48.5 Å². The summed E-state index contributed by atoms with van der Waals surface area (Å²) in [7, 11) is 0. The number of halogens is 4. The summed E-state index contributed by atoms with van der Waals surface area (Å²) < 4.78 is 11.8. The molecule has 1 aromatic heterocycles. The SMILES string of the molecule is CC(C)(C)OC(=O)NCCN(C(=O)CBr)C1CC(C)(C)Oc2nc(-c3ccc(Cl)cc3Cl)c(-c3ccc(Cl)cc3)cc21. The molecule has 1 unspecified atom stereocenters. The number of aromatic nitrogens is 1. The van der Waals surface area contributed by atoms with Crippen LogP contribution in [-0.4, -0.2) is 51.5 Å². The zero-order chi connectivity index (χ0) is 30.8. The number of alkyl halides is 1. The van der Waals surface area contributed by atoms with Gasteiger partial charge in [0.05, 0.1) is 22.1 Å². The zero-order valence-electron chi connectivity index (χ0n) is 24.1. The van der Waals surface area contributed by atoms with Crippen LogP contribution in [0.2, 0.25) is 15.1 Å². The lowest BCUT2D eigenvalue weighted by Crippen LogP contribution is -2.47. The molecule has 11 heteroatoms. The molecule has 0 saturated carbocycles. The van der Waals surface area contributed by atoms with Crippen LogP contribution in [0, 0.1) is 0 Å². The van der Waals surface area contributed by atoms with Crippen molar-refractivity contribution in [3.63, 3.8) is 0 Å². The average Bonchev–Trinajstić information content (AvgIpc) is 2.89. The highest BCUT2D eigenvalue weighted by Crippen LogP contribution is 2.46. The summed E-state index contributed by atoms with van der Waals surface area (Å²) in [5, 5.41) is 4.43. The number of carbonyl (C=O) groups excluding carboxylic acids is 2. The van der Waals surface area contributed by atoms with Crippen molar-refractivity contribution in [2.24, 2.45) is 0 Å². The lowest BCUT2D eigenvalue weighted by atomic mass is 9.87. The molecule has 1 aliphatic rings. The summed E-state index contributed by atoms with van der Waals surface area (Å²) >= 11 is 22.4. The first-order chi connectivity index (χ1) is 19.7. The van der Waals surface area contributed by atoms with E-state index in [0.29, 0.717) is 38.6 Å². The Morgan fingerprint density at radius 3 is 2.36 bits per heavy atom. The highest BCUT2D eigenvalue weighted by Gasteiger charge is 2.40. The van der Waals surface area contributed by atoms with Crippen LogP contribution in [-0.2, 0) is 9.53 Å². The van der Waals surface area contributed by atoms with Crippen LogP contribution >= 0.6 is 50.7 Å². The molecule has 0 bridgehead atoms. The molecule has 3 aromatic rings. The first-order valence-corrected chi connectivity index (χ1v) is 15.7. The fraction of sp³-hybridized carbons (Fsp3) is 0.387. The van der Waals surface area contributed by atoms with Gasteiger partial charge in [0.15, 0.2) is 0 Å². The first kappa shape index (κ1) is 32.4. The number of hydrogen-bond acceptors (Lipinski definition) is 5. The smallest absolute Gasteiger partial charge is 0.407 e.